The number of nitrogens with zero attached hydrogens (tertiary/aromatic N) is 3. The molecule has 0 aromatic carbocycles. The lowest BCUT2D eigenvalue weighted by Gasteiger charge is -2.03. The Kier molecular flexibility index (Phi) is 3.21. The van der Waals surface area contributed by atoms with E-state index in [0.29, 0.717) is 17.5 Å². The van der Waals surface area contributed by atoms with E-state index in [-0.39, 0.29) is 5.95 Å². The van der Waals surface area contributed by atoms with E-state index in [0.717, 1.165) is 5.01 Å². The molecule has 3 N–H and O–H groups in total. The van der Waals surface area contributed by atoms with Gasteiger partial charge in [0.05, 0.1) is 6.54 Å². The first-order valence-corrected chi connectivity index (χ1v) is 5.78. The molecule has 0 saturated heterocycles. The molecule has 2 aromatic heterocycles. The minimum absolute atomic E-state index is 0.158. The molecule has 16 heavy (non-hydrogen) atoms. The number of thiazole rings is 1. The van der Waals surface area contributed by atoms with Gasteiger partial charge in [0.2, 0.25) is 5.95 Å². The van der Waals surface area contributed by atoms with Gasteiger partial charge in [-0.15, -0.1) is 11.3 Å². The Morgan fingerprint density at radius 2 is 2.31 bits per heavy atom. The average molecular weight is 256 g/mol. The van der Waals surface area contributed by atoms with Gasteiger partial charge in [0.1, 0.15) is 16.0 Å². The highest BCUT2D eigenvalue weighted by Crippen LogP contribution is 2.15. The van der Waals surface area contributed by atoms with E-state index in [4.69, 9.17) is 17.3 Å². The van der Waals surface area contributed by atoms with Crippen molar-refractivity contribution < 1.29 is 0 Å². The molecule has 0 saturated carbocycles. The molecule has 7 heteroatoms. The van der Waals surface area contributed by atoms with Crippen LogP contribution in [0.25, 0.3) is 0 Å². The van der Waals surface area contributed by atoms with Gasteiger partial charge in [0, 0.05) is 17.1 Å². The molecule has 2 heterocycles. The molecule has 0 radical (unpaired) electrons. The van der Waals surface area contributed by atoms with Gasteiger partial charge in [-0.05, 0) is 6.92 Å². The molecule has 0 spiro atoms. The summed E-state index contributed by atoms with van der Waals surface area (Å²) in [5.74, 6) is 0.760. The number of aryl methyl sites for hydroxylation is 1. The van der Waals surface area contributed by atoms with Crippen LogP contribution in [0.15, 0.2) is 12.3 Å². The maximum absolute atomic E-state index is 5.75. The van der Waals surface area contributed by atoms with E-state index in [9.17, 15) is 0 Å². The Labute approximate surface area is 102 Å². The van der Waals surface area contributed by atoms with E-state index in [1.807, 2.05) is 13.1 Å². The van der Waals surface area contributed by atoms with Crippen molar-refractivity contribution in [3.63, 3.8) is 0 Å². The summed E-state index contributed by atoms with van der Waals surface area (Å²) in [5.41, 5.74) is 5.47. The first kappa shape index (κ1) is 11.1. The minimum Gasteiger partial charge on any atom is -0.368 e. The van der Waals surface area contributed by atoms with Crippen molar-refractivity contribution in [3.8, 4) is 0 Å². The van der Waals surface area contributed by atoms with Gasteiger partial charge in [0.15, 0.2) is 0 Å². The zero-order chi connectivity index (χ0) is 11.5. The number of nitrogen functional groups attached to an aromatic ring is 1. The molecule has 5 nitrogen and oxygen atoms in total. The fourth-order valence-electron chi connectivity index (χ4n) is 1.18. The van der Waals surface area contributed by atoms with Crippen molar-refractivity contribution >= 4 is 34.7 Å². The van der Waals surface area contributed by atoms with Crippen LogP contribution in [-0.2, 0) is 6.54 Å². The summed E-state index contributed by atoms with van der Waals surface area (Å²) in [5, 5.41) is 4.40. The molecule has 0 atom stereocenters. The number of hydrogen-bond donors (Lipinski definition) is 2. The largest absolute Gasteiger partial charge is 0.368 e. The SMILES string of the molecule is Cc1cnc(CNc2cc(Cl)nc(N)n2)s1. The molecule has 0 amide bonds. The van der Waals surface area contributed by atoms with Crippen molar-refractivity contribution in [2.24, 2.45) is 0 Å². The third-order valence-corrected chi connectivity index (χ3v) is 2.91. The van der Waals surface area contributed by atoms with E-state index < -0.39 is 0 Å². The Balaban J connectivity index is 2.04. The first-order chi connectivity index (χ1) is 7.63. The van der Waals surface area contributed by atoms with Gasteiger partial charge in [-0.25, -0.2) is 9.97 Å². The smallest absolute Gasteiger partial charge is 0.223 e. The topological polar surface area (TPSA) is 76.7 Å². The van der Waals surface area contributed by atoms with Crippen molar-refractivity contribution in [1.82, 2.24) is 15.0 Å². The number of aromatic nitrogens is 3. The summed E-state index contributed by atoms with van der Waals surface area (Å²) in [6.45, 7) is 2.62. The van der Waals surface area contributed by atoms with Gasteiger partial charge in [0.25, 0.3) is 0 Å². The van der Waals surface area contributed by atoms with Crippen molar-refractivity contribution in [3.05, 3.63) is 27.3 Å². The number of halogens is 1. The molecule has 84 valence electrons. The quantitative estimate of drug-likeness (QED) is 0.822. The standard InChI is InChI=1S/C9H10ClN5S/c1-5-3-13-8(16-5)4-12-7-2-6(10)14-9(11)15-7/h2-3H,4H2,1H3,(H3,11,12,14,15). The summed E-state index contributed by atoms with van der Waals surface area (Å²) in [4.78, 5) is 13.2. The summed E-state index contributed by atoms with van der Waals surface area (Å²) in [6.07, 6.45) is 1.84. The normalized spacial score (nSPS) is 10.4. The lowest BCUT2D eigenvalue weighted by molar-refractivity contribution is 1.06. The monoisotopic (exact) mass is 255 g/mol. The Morgan fingerprint density at radius 1 is 1.50 bits per heavy atom. The van der Waals surface area contributed by atoms with E-state index in [1.165, 1.54) is 4.88 Å². The molecule has 2 aromatic rings. The van der Waals surface area contributed by atoms with Crippen LogP contribution < -0.4 is 11.1 Å². The van der Waals surface area contributed by atoms with Gasteiger partial charge in [-0.1, -0.05) is 11.6 Å². The fourth-order valence-corrected chi connectivity index (χ4v) is 2.09. The zero-order valence-corrected chi connectivity index (χ0v) is 10.1. The second kappa shape index (κ2) is 4.63. The van der Waals surface area contributed by atoms with Gasteiger partial charge >= 0.3 is 0 Å². The third kappa shape index (κ3) is 2.80. The lowest BCUT2D eigenvalue weighted by atomic mass is 10.5. The highest BCUT2D eigenvalue weighted by atomic mass is 35.5. The van der Waals surface area contributed by atoms with E-state index in [1.54, 1.807) is 17.4 Å². The van der Waals surface area contributed by atoms with Gasteiger partial charge in [-0.2, -0.15) is 4.98 Å². The summed E-state index contributed by atoms with van der Waals surface area (Å²) >= 11 is 7.39. The van der Waals surface area contributed by atoms with Crippen LogP contribution in [0.1, 0.15) is 9.88 Å². The second-order valence-corrected chi connectivity index (χ2v) is 4.86. The van der Waals surface area contributed by atoms with Gasteiger partial charge in [-0.3, -0.25) is 0 Å². The highest BCUT2D eigenvalue weighted by Gasteiger charge is 2.02. The molecule has 0 aliphatic heterocycles. The van der Waals surface area contributed by atoms with Crippen molar-refractivity contribution in [2.45, 2.75) is 13.5 Å². The van der Waals surface area contributed by atoms with Crippen LogP contribution in [0.4, 0.5) is 11.8 Å². The number of rotatable bonds is 3. The van der Waals surface area contributed by atoms with Crippen LogP contribution in [0, 0.1) is 6.92 Å². The zero-order valence-electron chi connectivity index (χ0n) is 8.57. The average Bonchev–Trinajstić information content (AvgIpc) is 2.60. The van der Waals surface area contributed by atoms with Gasteiger partial charge < -0.3 is 11.1 Å². The molecule has 2 rings (SSSR count). The molecule has 0 aliphatic carbocycles. The molecular formula is C9H10ClN5S. The number of hydrogen-bond acceptors (Lipinski definition) is 6. The minimum atomic E-state index is 0.158. The number of anilines is 2. The summed E-state index contributed by atoms with van der Waals surface area (Å²) in [7, 11) is 0. The lowest BCUT2D eigenvalue weighted by Crippen LogP contribution is -2.04. The molecule has 0 bridgehead atoms. The molecule has 0 fully saturated rings. The van der Waals surface area contributed by atoms with Crippen LogP contribution in [0.2, 0.25) is 5.15 Å². The highest BCUT2D eigenvalue weighted by molar-refractivity contribution is 7.11. The molecular weight excluding hydrogens is 246 g/mol. The Bertz CT molecular complexity index is 478. The van der Waals surface area contributed by atoms with Crippen LogP contribution >= 0.6 is 22.9 Å². The second-order valence-electron chi connectivity index (χ2n) is 3.15. The maximum atomic E-state index is 5.75. The number of nitrogens with two attached hydrogens (primary N) is 1. The first-order valence-electron chi connectivity index (χ1n) is 4.59. The number of nitrogens with one attached hydrogen (secondary N) is 1. The fraction of sp³-hybridized carbons (Fsp3) is 0.222. The van der Waals surface area contributed by atoms with Crippen LogP contribution in [0.5, 0.6) is 0 Å². The molecule has 0 unspecified atom stereocenters. The Hall–Kier alpha value is -1.40. The van der Waals surface area contributed by atoms with Crippen LogP contribution in [-0.4, -0.2) is 15.0 Å². The maximum Gasteiger partial charge on any atom is 0.223 e. The Morgan fingerprint density at radius 3 is 2.94 bits per heavy atom. The predicted octanol–water partition coefficient (Wildman–Crippen LogP) is 2.09. The summed E-state index contributed by atoms with van der Waals surface area (Å²) < 4.78 is 0. The van der Waals surface area contributed by atoms with Crippen LogP contribution in [0.3, 0.4) is 0 Å². The predicted molar refractivity (Wildman–Crippen MR) is 65.6 cm³/mol. The third-order valence-electron chi connectivity index (χ3n) is 1.80. The summed E-state index contributed by atoms with van der Waals surface area (Å²) in [6, 6.07) is 1.62. The van der Waals surface area contributed by atoms with Crippen molar-refractivity contribution in [1.29, 1.82) is 0 Å². The molecule has 0 aliphatic rings. The van der Waals surface area contributed by atoms with Crippen molar-refractivity contribution in [2.75, 3.05) is 11.1 Å². The van der Waals surface area contributed by atoms with E-state index >= 15 is 0 Å². The van der Waals surface area contributed by atoms with E-state index in [2.05, 4.69) is 20.3 Å².